The van der Waals surface area contributed by atoms with Gasteiger partial charge in [0.1, 0.15) is 10.7 Å². The van der Waals surface area contributed by atoms with Crippen LogP contribution in [0.25, 0.3) is 10.4 Å². The van der Waals surface area contributed by atoms with Gasteiger partial charge in [0, 0.05) is 23.9 Å². The van der Waals surface area contributed by atoms with Gasteiger partial charge in [0.05, 0.1) is 11.3 Å². The third kappa shape index (κ3) is 4.09. The van der Waals surface area contributed by atoms with Crippen molar-refractivity contribution in [2.24, 2.45) is 0 Å². The average Bonchev–Trinajstić information content (AvgIpc) is 3.19. The summed E-state index contributed by atoms with van der Waals surface area (Å²) >= 11 is 0.988. The van der Waals surface area contributed by atoms with Crippen molar-refractivity contribution in [3.8, 4) is 10.4 Å². The Hall–Kier alpha value is -3.13. The van der Waals surface area contributed by atoms with Crippen LogP contribution in [-0.4, -0.2) is 24.0 Å². The third-order valence-corrected chi connectivity index (χ3v) is 5.86. The van der Waals surface area contributed by atoms with Gasteiger partial charge in [-0.2, -0.15) is 0 Å². The largest absolute Gasteiger partial charge is 0.477 e. The van der Waals surface area contributed by atoms with Crippen LogP contribution in [0.1, 0.15) is 38.9 Å². The second-order valence-electron chi connectivity index (χ2n) is 6.61. The number of carbonyl (C=O) groups is 2. The van der Waals surface area contributed by atoms with Crippen molar-refractivity contribution in [1.82, 2.24) is 0 Å². The van der Waals surface area contributed by atoms with Crippen LogP contribution in [0.3, 0.4) is 0 Å². The molecule has 0 radical (unpaired) electrons. The lowest BCUT2D eigenvalue weighted by atomic mass is 10.0. The zero-order valence-electron chi connectivity index (χ0n) is 16.2. The van der Waals surface area contributed by atoms with Gasteiger partial charge >= 0.3 is 5.97 Å². The Morgan fingerprint density at radius 1 is 1.10 bits per heavy atom. The van der Waals surface area contributed by atoms with Crippen molar-refractivity contribution in [2.45, 2.75) is 19.3 Å². The van der Waals surface area contributed by atoms with Crippen LogP contribution in [0.15, 0.2) is 54.6 Å². The quantitative estimate of drug-likeness (QED) is 0.516. The van der Waals surface area contributed by atoms with Gasteiger partial charge in [-0.05, 0) is 23.8 Å². The van der Waals surface area contributed by atoms with Gasteiger partial charge in [-0.15, -0.1) is 11.3 Å². The highest BCUT2D eigenvalue weighted by molar-refractivity contribution is 7.18. The molecule has 0 unspecified atom stereocenters. The van der Waals surface area contributed by atoms with Gasteiger partial charge in [0.15, 0.2) is 0 Å². The van der Waals surface area contributed by atoms with Crippen molar-refractivity contribution >= 4 is 28.9 Å². The van der Waals surface area contributed by atoms with Crippen LogP contribution in [0.5, 0.6) is 0 Å². The first kappa shape index (κ1) is 21.6. The summed E-state index contributed by atoms with van der Waals surface area (Å²) in [6.45, 7) is 1.28. The molecular weight excluding hydrogens is 415 g/mol. The van der Waals surface area contributed by atoms with Gasteiger partial charge in [-0.3, -0.25) is 4.79 Å². The Morgan fingerprint density at radius 2 is 1.77 bits per heavy atom. The molecule has 3 aromatic rings. The smallest absolute Gasteiger partial charge is 0.348 e. The van der Waals surface area contributed by atoms with Gasteiger partial charge in [0.25, 0.3) is 11.8 Å². The summed E-state index contributed by atoms with van der Waals surface area (Å²) in [5.41, 5.74) is -0.0695. The minimum Gasteiger partial charge on any atom is -0.477 e. The number of benzene rings is 2. The number of carbonyl (C=O) groups excluding carboxylic acids is 1. The molecule has 0 bridgehead atoms. The van der Waals surface area contributed by atoms with Crippen LogP contribution in [-0.2, 0) is 5.92 Å². The lowest BCUT2D eigenvalue weighted by molar-refractivity contribution is -0.00861. The van der Waals surface area contributed by atoms with Crippen molar-refractivity contribution < 1.29 is 27.9 Å². The number of carboxylic acids is 1. The molecule has 0 saturated carbocycles. The first-order chi connectivity index (χ1) is 14.2. The van der Waals surface area contributed by atoms with E-state index < -0.39 is 41.2 Å². The van der Waals surface area contributed by atoms with E-state index in [4.69, 9.17) is 0 Å². The van der Waals surface area contributed by atoms with E-state index in [-0.39, 0.29) is 10.6 Å². The zero-order chi connectivity index (χ0) is 22.1. The second kappa shape index (κ2) is 8.31. The van der Waals surface area contributed by atoms with E-state index in [1.165, 1.54) is 14.0 Å². The minimum absolute atomic E-state index is 0.0840. The van der Waals surface area contributed by atoms with E-state index in [0.717, 1.165) is 33.9 Å². The number of hydrogen-bond acceptors (Lipinski definition) is 3. The van der Waals surface area contributed by atoms with Crippen LogP contribution >= 0.6 is 11.3 Å². The minimum atomic E-state index is -3.21. The van der Waals surface area contributed by atoms with E-state index >= 15 is 0 Å². The van der Waals surface area contributed by atoms with Crippen molar-refractivity contribution in [3.63, 3.8) is 0 Å². The maximum atomic E-state index is 14.5. The van der Waals surface area contributed by atoms with Gasteiger partial charge in [0.2, 0.25) is 0 Å². The zero-order valence-corrected chi connectivity index (χ0v) is 17.0. The highest BCUT2D eigenvalue weighted by Crippen LogP contribution is 2.37. The monoisotopic (exact) mass is 433 g/mol. The van der Waals surface area contributed by atoms with E-state index in [1.807, 2.05) is 6.07 Å². The van der Waals surface area contributed by atoms with E-state index in [0.29, 0.717) is 10.9 Å². The predicted octanol–water partition coefficient (Wildman–Crippen LogP) is 6.03. The van der Waals surface area contributed by atoms with Crippen molar-refractivity contribution in [1.29, 1.82) is 0 Å². The first-order valence-corrected chi connectivity index (χ1v) is 9.85. The molecule has 0 saturated heterocycles. The summed E-state index contributed by atoms with van der Waals surface area (Å²) in [5, 5.41) is 9.55. The molecule has 2 aromatic carbocycles. The molecule has 0 fully saturated rings. The number of rotatable bonds is 6. The molecule has 3 rings (SSSR count). The number of anilines is 1. The molecule has 1 amide bonds. The summed E-state index contributed by atoms with van der Waals surface area (Å²) in [6, 6.07) is 13.2. The van der Waals surface area contributed by atoms with E-state index in [1.54, 1.807) is 30.3 Å². The highest BCUT2D eigenvalue weighted by Gasteiger charge is 2.31. The van der Waals surface area contributed by atoms with Crippen molar-refractivity contribution in [3.05, 3.63) is 76.4 Å². The molecule has 30 heavy (non-hydrogen) atoms. The molecular formula is C22H18F3NO3S. The maximum absolute atomic E-state index is 14.5. The number of hydrogen-bond donors (Lipinski definition) is 1. The fourth-order valence-electron chi connectivity index (χ4n) is 2.94. The number of carboxylic acid groups (broad SMARTS) is 1. The van der Waals surface area contributed by atoms with Gasteiger partial charge in [-0.25, -0.2) is 18.0 Å². The molecule has 0 atom stereocenters. The Kier molecular flexibility index (Phi) is 5.98. The summed E-state index contributed by atoms with van der Waals surface area (Å²) in [6.07, 6.45) is -0.501. The van der Waals surface area contributed by atoms with Gasteiger partial charge < -0.3 is 10.0 Å². The summed E-state index contributed by atoms with van der Waals surface area (Å²) in [4.78, 5) is 26.1. The van der Waals surface area contributed by atoms with Crippen LogP contribution < -0.4 is 4.90 Å². The number of halogens is 3. The standard InChI is InChI=1S/C22H18F3NO3S/c1-3-22(24,25)14-9-10-15(16(23)11-14)20(27)26(2)17-12-18(30-19(17)21(28)29)13-7-5-4-6-8-13/h4-12H,3H2,1-2H3,(H,28,29). The fourth-order valence-corrected chi connectivity index (χ4v) is 3.97. The third-order valence-electron chi connectivity index (χ3n) is 4.70. The molecule has 8 heteroatoms. The molecule has 1 N–H and O–H groups in total. The molecule has 0 aliphatic carbocycles. The Morgan fingerprint density at radius 3 is 2.33 bits per heavy atom. The van der Waals surface area contributed by atoms with Gasteiger partial charge in [-0.1, -0.05) is 43.3 Å². The average molecular weight is 433 g/mol. The maximum Gasteiger partial charge on any atom is 0.348 e. The molecule has 4 nitrogen and oxygen atoms in total. The first-order valence-electron chi connectivity index (χ1n) is 9.04. The second-order valence-corrected chi connectivity index (χ2v) is 7.67. The molecule has 0 aliphatic heterocycles. The Labute approximate surface area is 175 Å². The Balaban J connectivity index is 1.98. The summed E-state index contributed by atoms with van der Waals surface area (Å²) in [7, 11) is 1.32. The lowest BCUT2D eigenvalue weighted by Gasteiger charge is -2.19. The number of alkyl halides is 2. The highest BCUT2D eigenvalue weighted by atomic mass is 32.1. The molecule has 0 aliphatic rings. The predicted molar refractivity (Wildman–Crippen MR) is 110 cm³/mol. The number of nitrogens with zero attached hydrogens (tertiary/aromatic N) is 1. The van der Waals surface area contributed by atoms with E-state index in [2.05, 4.69) is 0 Å². The Bertz CT molecular complexity index is 1100. The number of amides is 1. The number of thiophene rings is 1. The summed E-state index contributed by atoms with van der Waals surface area (Å²) in [5.74, 6) is -6.36. The van der Waals surface area contributed by atoms with Crippen LogP contribution in [0.2, 0.25) is 0 Å². The fraction of sp³-hybridized carbons (Fsp3) is 0.182. The molecule has 1 heterocycles. The normalized spacial score (nSPS) is 11.4. The topological polar surface area (TPSA) is 57.6 Å². The number of aromatic carboxylic acids is 1. The van der Waals surface area contributed by atoms with Crippen LogP contribution in [0, 0.1) is 5.82 Å². The SMILES string of the molecule is CCC(F)(F)c1ccc(C(=O)N(C)c2cc(-c3ccccc3)sc2C(=O)O)c(F)c1. The lowest BCUT2D eigenvalue weighted by Crippen LogP contribution is -2.28. The van der Waals surface area contributed by atoms with E-state index in [9.17, 15) is 27.9 Å². The van der Waals surface area contributed by atoms with Crippen LogP contribution in [0.4, 0.5) is 18.9 Å². The molecule has 0 spiro atoms. The van der Waals surface area contributed by atoms with Crippen molar-refractivity contribution in [2.75, 3.05) is 11.9 Å². The molecule has 1 aromatic heterocycles. The molecule has 156 valence electrons. The summed E-state index contributed by atoms with van der Waals surface area (Å²) < 4.78 is 42.1.